The molecule has 1 aromatic heterocycles. The molecule has 0 amide bonds. The number of halogens is 1. The predicted molar refractivity (Wildman–Crippen MR) is 52.2 cm³/mol. The molecule has 2 rings (SSSR count). The van der Waals surface area contributed by atoms with E-state index in [2.05, 4.69) is 4.98 Å². The van der Waals surface area contributed by atoms with Crippen LogP contribution in [0.15, 0.2) is 16.9 Å². The lowest BCUT2D eigenvalue weighted by molar-refractivity contribution is 1.37. The van der Waals surface area contributed by atoms with E-state index in [9.17, 15) is 4.79 Å². The van der Waals surface area contributed by atoms with E-state index in [0.717, 1.165) is 15.8 Å². The Bertz CT molecular complexity index is 485. The molecule has 0 saturated carbocycles. The summed E-state index contributed by atoms with van der Waals surface area (Å²) in [6.07, 6.45) is 0. The van der Waals surface area contributed by atoms with Crippen molar-refractivity contribution in [2.24, 2.45) is 0 Å². The van der Waals surface area contributed by atoms with E-state index in [1.807, 2.05) is 13.0 Å². The molecule has 0 fully saturated rings. The van der Waals surface area contributed by atoms with Gasteiger partial charge in [-0.25, -0.2) is 0 Å². The number of rotatable bonds is 0. The second-order valence-electron chi connectivity index (χ2n) is 2.61. The highest BCUT2D eigenvalue weighted by atomic mass is 35.5. The molecule has 0 atom stereocenters. The summed E-state index contributed by atoms with van der Waals surface area (Å²) in [6, 6.07) is 3.64. The molecule has 12 heavy (non-hydrogen) atoms. The van der Waals surface area contributed by atoms with E-state index in [1.54, 1.807) is 6.07 Å². The first-order chi connectivity index (χ1) is 5.66. The van der Waals surface area contributed by atoms with Gasteiger partial charge in [0.25, 0.3) is 0 Å². The topological polar surface area (TPSA) is 32.9 Å². The third-order valence-electron chi connectivity index (χ3n) is 1.69. The van der Waals surface area contributed by atoms with Gasteiger partial charge in [0.1, 0.15) is 0 Å². The molecule has 0 saturated heterocycles. The Hall–Kier alpha value is -0.800. The number of benzene rings is 1. The van der Waals surface area contributed by atoms with Crippen LogP contribution >= 0.6 is 22.9 Å². The van der Waals surface area contributed by atoms with Crippen LogP contribution in [0.4, 0.5) is 0 Å². The van der Waals surface area contributed by atoms with Gasteiger partial charge in [-0.1, -0.05) is 22.9 Å². The van der Waals surface area contributed by atoms with Crippen LogP contribution in [-0.2, 0) is 0 Å². The monoisotopic (exact) mass is 199 g/mol. The van der Waals surface area contributed by atoms with E-state index in [4.69, 9.17) is 11.6 Å². The largest absolute Gasteiger partial charge is 0.312 e. The summed E-state index contributed by atoms with van der Waals surface area (Å²) in [6.45, 7) is 1.93. The molecule has 62 valence electrons. The average molecular weight is 200 g/mol. The summed E-state index contributed by atoms with van der Waals surface area (Å²) < 4.78 is 0.921. The van der Waals surface area contributed by atoms with Crippen molar-refractivity contribution in [3.63, 3.8) is 0 Å². The average Bonchev–Trinajstić information content (AvgIpc) is 2.29. The van der Waals surface area contributed by atoms with Crippen molar-refractivity contribution in [1.82, 2.24) is 4.98 Å². The number of hydrogen-bond donors (Lipinski definition) is 1. The second-order valence-corrected chi connectivity index (χ2v) is 4.06. The molecule has 0 unspecified atom stereocenters. The van der Waals surface area contributed by atoms with E-state index >= 15 is 0 Å². The first kappa shape index (κ1) is 7.83. The van der Waals surface area contributed by atoms with E-state index in [1.165, 1.54) is 11.3 Å². The number of fused-ring (bicyclic) bond motifs is 1. The molecule has 0 spiro atoms. The molecule has 1 heterocycles. The van der Waals surface area contributed by atoms with E-state index in [-0.39, 0.29) is 4.87 Å². The third-order valence-corrected chi connectivity index (χ3v) is 2.74. The van der Waals surface area contributed by atoms with Gasteiger partial charge >= 0.3 is 4.87 Å². The number of aryl methyl sites for hydroxylation is 1. The number of aromatic amines is 1. The van der Waals surface area contributed by atoms with E-state index in [0.29, 0.717) is 5.02 Å². The Kier molecular flexibility index (Phi) is 1.70. The minimum atomic E-state index is -0.0321. The standard InChI is InChI=1S/C8H6ClNOS/c1-4-2-5(9)3-6-7(4)10-8(11)12-6/h2-3H,1H3,(H,10,11). The van der Waals surface area contributed by atoms with Crippen LogP contribution in [0.2, 0.25) is 5.02 Å². The van der Waals surface area contributed by atoms with Gasteiger partial charge in [0.2, 0.25) is 0 Å². The number of H-pyrrole nitrogens is 1. The summed E-state index contributed by atoms with van der Waals surface area (Å²) in [4.78, 5) is 13.7. The first-order valence-electron chi connectivity index (χ1n) is 3.46. The SMILES string of the molecule is Cc1cc(Cl)cc2sc(=O)[nH]c12. The van der Waals surface area contributed by atoms with E-state index < -0.39 is 0 Å². The Morgan fingerprint density at radius 1 is 1.50 bits per heavy atom. The Morgan fingerprint density at radius 3 is 3.00 bits per heavy atom. The van der Waals surface area contributed by atoms with Crippen molar-refractivity contribution >= 4 is 33.2 Å². The van der Waals surface area contributed by atoms with Crippen LogP contribution in [0.3, 0.4) is 0 Å². The van der Waals surface area contributed by atoms with Crippen molar-refractivity contribution in [2.45, 2.75) is 6.92 Å². The minimum Gasteiger partial charge on any atom is -0.312 e. The van der Waals surface area contributed by atoms with Gasteiger partial charge in [0.15, 0.2) is 0 Å². The van der Waals surface area contributed by atoms with Crippen LogP contribution in [0, 0.1) is 6.92 Å². The predicted octanol–water partition coefficient (Wildman–Crippen LogP) is 2.55. The highest BCUT2D eigenvalue weighted by molar-refractivity contribution is 7.16. The lowest BCUT2D eigenvalue weighted by Gasteiger charge is -1.94. The van der Waals surface area contributed by atoms with Crippen molar-refractivity contribution in [3.05, 3.63) is 32.4 Å². The summed E-state index contributed by atoms with van der Waals surface area (Å²) >= 11 is 7.01. The maximum Gasteiger partial charge on any atom is 0.305 e. The third kappa shape index (κ3) is 1.15. The summed E-state index contributed by atoms with van der Waals surface area (Å²) in [5.41, 5.74) is 1.91. The fourth-order valence-electron chi connectivity index (χ4n) is 1.18. The zero-order chi connectivity index (χ0) is 8.72. The summed E-state index contributed by atoms with van der Waals surface area (Å²) in [5.74, 6) is 0. The number of nitrogens with one attached hydrogen (secondary N) is 1. The zero-order valence-electron chi connectivity index (χ0n) is 6.35. The highest BCUT2D eigenvalue weighted by Crippen LogP contribution is 2.23. The first-order valence-corrected chi connectivity index (χ1v) is 4.65. The van der Waals surface area contributed by atoms with Gasteiger partial charge in [-0.05, 0) is 24.6 Å². The molecule has 0 bridgehead atoms. The van der Waals surface area contributed by atoms with Crippen molar-refractivity contribution in [2.75, 3.05) is 0 Å². The van der Waals surface area contributed by atoms with Crippen LogP contribution in [0.25, 0.3) is 10.2 Å². The highest BCUT2D eigenvalue weighted by Gasteiger charge is 2.02. The summed E-state index contributed by atoms with van der Waals surface area (Å²) in [7, 11) is 0. The molecule has 0 aliphatic rings. The van der Waals surface area contributed by atoms with Crippen LogP contribution in [-0.4, -0.2) is 4.98 Å². The molecule has 2 nitrogen and oxygen atoms in total. The smallest absolute Gasteiger partial charge is 0.305 e. The fourth-order valence-corrected chi connectivity index (χ4v) is 2.37. The molecule has 1 aromatic carbocycles. The zero-order valence-corrected chi connectivity index (χ0v) is 7.92. The quantitative estimate of drug-likeness (QED) is 0.695. The Morgan fingerprint density at radius 2 is 2.25 bits per heavy atom. The summed E-state index contributed by atoms with van der Waals surface area (Å²) in [5, 5.41) is 0.676. The van der Waals surface area contributed by atoms with Crippen molar-refractivity contribution in [3.8, 4) is 0 Å². The normalized spacial score (nSPS) is 10.8. The Labute approximate surface area is 77.8 Å². The van der Waals surface area contributed by atoms with Crippen LogP contribution in [0.1, 0.15) is 5.56 Å². The molecular formula is C8H6ClNOS. The fraction of sp³-hybridized carbons (Fsp3) is 0.125. The van der Waals surface area contributed by atoms with Gasteiger partial charge in [0, 0.05) is 5.02 Å². The number of thiazole rings is 1. The molecule has 2 aromatic rings. The minimum absolute atomic E-state index is 0.0321. The molecule has 0 aliphatic carbocycles. The molecule has 1 N–H and O–H groups in total. The van der Waals surface area contributed by atoms with Gasteiger partial charge < -0.3 is 4.98 Å². The van der Waals surface area contributed by atoms with Crippen molar-refractivity contribution in [1.29, 1.82) is 0 Å². The van der Waals surface area contributed by atoms with Crippen molar-refractivity contribution < 1.29 is 0 Å². The molecule has 0 aliphatic heterocycles. The number of hydrogen-bond acceptors (Lipinski definition) is 2. The van der Waals surface area contributed by atoms with Gasteiger partial charge in [-0.3, -0.25) is 4.79 Å². The molecular weight excluding hydrogens is 194 g/mol. The molecule has 0 radical (unpaired) electrons. The Balaban J connectivity index is 2.97. The maximum absolute atomic E-state index is 11.0. The lowest BCUT2D eigenvalue weighted by Crippen LogP contribution is -1.90. The van der Waals surface area contributed by atoms with Gasteiger partial charge in [0.05, 0.1) is 10.2 Å². The van der Waals surface area contributed by atoms with Gasteiger partial charge in [-0.2, -0.15) is 0 Å². The van der Waals surface area contributed by atoms with Crippen LogP contribution < -0.4 is 4.87 Å². The second kappa shape index (κ2) is 2.61. The maximum atomic E-state index is 11.0. The number of aromatic nitrogens is 1. The lowest BCUT2D eigenvalue weighted by atomic mass is 10.2. The van der Waals surface area contributed by atoms with Crippen LogP contribution in [0.5, 0.6) is 0 Å². The van der Waals surface area contributed by atoms with Gasteiger partial charge in [-0.15, -0.1) is 0 Å². The molecule has 4 heteroatoms.